The third-order valence-electron chi connectivity index (χ3n) is 0.271. The molecule has 0 saturated carbocycles. The fourth-order valence-electron chi connectivity index (χ4n) is 0.112. The summed E-state index contributed by atoms with van der Waals surface area (Å²) in [7, 11) is -4.24. The van der Waals surface area contributed by atoms with Crippen LogP contribution in [0, 0.1) is 0 Å². The molecule has 6 nitrogen and oxygen atoms in total. The first-order valence-electron chi connectivity index (χ1n) is 1.23. The number of hydrogen-bond acceptors (Lipinski definition) is 6. The second-order valence-corrected chi connectivity index (χ2v) is 1.92. The fourth-order valence-corrected chi connectivity index (χ4v) is 0.335. The zero-order valence-electron chi connectivity index (χ0n) is 3.90. The first-order chi connectivity index (χ1) is 3.21. The van der Waals surface area contributed by atoms with Gasteiger partial charge in [0.1, 0.15) is 0 Å². The SMILES string of the molecule is O=P1([O-])OOOO1.[K+]. The van der Waals surface area contributed by atoms with Crippen molar-refractivity contribution in [1.82, 2.24) is 0 Å². The monoisotopic (exact) mass is 166 g/mol. The Morgan fingerprint density at radius 3 is 1.75 bits per heavy atom. The third kappa shape index (κ3) is 2.99. The summed E-state index contributed by atoms with van der Waals surface area (Å²) < 4.78 is 16.6. The first-order valence-corrected chi connectivity index (χ1v) is 2.69. The normalized spacial score (nSPS) is 24.6. The molecule has 0 N–H and O–H groups in total. The van der Waals surface area contributed by atoms with Gasteiger partial charge in [0.15, 0.2) is 0 Å². The summed E-state index contributed by atoms with van der Waals surface area (Å²) in [6, 6.07) is 0. The molecule has 1 saturated heterocycles. The van der Waals surface area contributed by atoms with Crippen LogP contribution in [0.1, 0.15) is 0 Å². The van der Waals surface area contributed by atoms with E-state index in [-0.39, 0.29) is 51.4 Å². The van der Waals surface area contributed by atoms with Crippen LogP contribution in [0.25, 0.3) is 0 Å². The van der Waals surface area contributed by atoms with Crippen LogP contribution in [0.5, 0.6) is 0 Å². The second kappa shape index (κ2) is 3.74. The van der Waals surface area contributed by atoms with Gasteiger partial charge >= 0.3 is 59.2 Å². The van der Waals surface area contributed by atoms with Crippen LogP contribution in [0.3, 0.4) is 0 Å². The van der Waals surface area contributed by atoms with Gasteiger partial charge in [-0.1, -0.05) is 0 Å². The largest absolute Gasteiger partial charge is 1.00 e. The zero-order chi connectivity index (χ0) is 5.33. The Bertz CT molecular complexity index is 99.1. The maximum absolute atomic E-state index is 9.76. The van der Waals surface area contributed by atoms with Gasteiger partial charge < -0.3 is 4.89 Å². The molecule has 0 radical (unpaired) electrons. The molecule has 1 rings (SSSR count). The van der Waals surface area contributed by atoms with E-state index in [4.69, 9.17) is 0 Å². The standard InChI is InChI=1S/K.HO6P/c;1-7(2)5-3-4-6-7/h;(H,1,2)/q+1;/p-1. The van der Waals surface area contributed by atoms with Crippen LogP contribution in [0.4, 0.5) is 0 Å². The minimum Gasteiger partial charge on any atom is -0.753 e. The van der Waals surface area contributed by atoms with Crippen molar-refractivity contribution in [3.05, 3.63) is 0 Å². The van der Waals surface area contributed by atoms with E-state index in [9.17, 15) is 9.46 Å². The molecule has 0 unspecified atom stereocenters. The molecule has 1 fully saturated rings. The van der Waals surface area contributed by atoms with Gasteiger partial charge in [0.2, 0.25) is 0 Å². The molecule has 0 aromatic rings. The van der Waals surface area contributed by atoms with Crippen molar-refractivity contribution in [2.75, 3.05) is 0 Å². The predicted octanol–water partition coefficient (Wildman–Crippen LogP) is -3.72. The van der Waals surface area contributed by atoms with Gasteiger partial charge in [-0.05, 0) is 10.1 Å². The predicted molar refractivity (Wildman–Crippen MR) is 11.9 cm³/mol. The van der Waals surface area contributed by atoms with E-state index in [2.05, 4.69) is 19.4 Å². The molecule has 0 aliphatic carbocycles. The van der Waals surface area contributed by atoms with Crippen molar-refractivity contribution >= 4 is 7.82 Å². The van der Waals surface area contributed by atoms with Crippen LogP contribution in [0.15, 0.2) is 0 Å². The van der Waals surface area contributed by atoms with Gasteiger partial charge in [-0.3, -0.25) is 4.57 Å². The fraction of sp³-hybridized carbons (Fsp3) is 0. The van der Waals surface area contributed by atoms with E-state index in [1.165, 1.54) is 0 Å². The van der Waals surface area contributed by atoms with Crippen LogP contribution < -0.4 is 56.3 Å². The summed E-state index contributed by atoms with van der Waals surface area (Å²) >= 11 is 0. The Kier molecular flexibility index (Phi) is 4.52. The second-order valence-electron chi connectivity index (χ2n) is 0.732. The molecule has 1 heterocycles. The molecule has 42 valence electrons. The Labute approximate surface area is 86.9 Å². The summed E-state index contributed by atoms with van der Waals surface area (Å²) in [4.78, 5) is 9.76. The zero-order valence-corrected chi connectivity index (χ0v) is 7.91. The topological polar surface area (TPSA) is 77.1 Å². The van der Waals surface area contributed by atoms with Crippen LogP contribution in [-0.2, 0) is 24.0 Å². The van der Waals surface area contributed by atoms with E-state index < -0.39 is 7.82 Å². The quantitative estimate of drug-likeness (QED) is 0.209. The van der Waals surface area contributed by atoms with Crippen molar-refractivity contribution in [2.24, 2.45) is 0 Å². The number of rotatable bonds is 0. The molecule has 0 bridgehead atoms. The van der Waals surface area contributed by atoms with Crippen molar-refractivity contribution in [3.63, 3.8) is 0 Å². The molecule has 1 aliphatic rings. The minimum absolute atomic E-state index is 0. The molecule has 0 aromatic carbocycles. The van der Waals surface area contributed by atoms with Crippen molar-refractivity contribution in [3.8, 4) is 0 Å². The summed E-state index contributed by atoms with van der Waals surface area (Å²) in [5.74, 6) is 0. The molecule has 0 spiro atoms. The maximum atomic E-state index is 9.76. The minimum atomic E-state index is -4.24. The van der Waals surface area contributed by atoms with E-state index in [0.29, 0.717) is 0 Å². The molecule has 0 atom stereocenters. The molecule has 0 aromatic heterocycles. The van der Waals surface area contributed by atoms with E-state index in [0.717, 1.165) is 0 Å². The Morgan fingerprint density at radius 1 is 1.25 bits per heavy atom. The summed E-state index contributed by atoms with van der Waals surface area (Å²) in [6.07, 6.45) is 0. The molecule has 0 amide bonds. The van der Waals surface area contributed by atoms with Gasteiger partial charge in [0.05, 0.1) is 0 Å². The van der Waals surface area contributed by atoms with Gasteiger partial charge in [0.25, 0.3) is 0 Å². The van der Waals surface area contributed by atoms with Crippen molar-refractivity contribution in [1.29, 1.82) is 0 Å². The summed E-state index contributed by atoms with van der Waals surface area (Å²) in [5, 5.41) is 6.72. The number of phosphoric acid groups is 1. The van der Waals surface area contributed by atoms with Crippen LogP contribution in [0.2, 0.25) is 0 Å². The van der Waals surface area contributed by atoms with Crippen molar-refractivity contribution < 1.29 is 80.3 Å². The molecular formula is KO6P. The van der Waals surface area contributed by atoms with E-state index in [1.807, 2.05) is 0 Å². The summed E-state index contributed by atoms with van der Waals surface area (Å²) in [6.45, 7) is 0. The van der Waals surface area contributed by atoms with Gasteiger partial charge in [-0.25, -0.2) is 0 Å². The van der Waals surface area contributed by atoms with Gasteiger partial charge in [-0.15, -0.1) is 9.35 Å². The molecule has 8 heteroatoms. The summed E-state index contributed by atoms with van der Waals surface area (Å²) in [5.41, 5.74) is 0. The van der Waals surface area contributed by atoms with E-state index in [1.54, 1.807) is 0 Å². The Morgan fingerprint density at radius 2 is 1.62 bits per heavy atom. The Hall–Kier alpha value is 1.67. The van der Waals surface area contributed by atoms with Gasteiger partial charge in [0, 0.05) is 0 Å². The van der Waals surface area contributed by atoms with E-state index >= 15 is 0 Å². The Balaban J connectivity index is 0.000000490. The maximum Gasteiger partial charge on any atom is 1.00 e. The smallest absolute Gasteiger partial charge is 0.753 e. The average molecular weight is 166 g/mol. The van der Waals surface area contributed by atoms with Crippen LogP contribution >= 0.6 is 7.82 Å². The molecule has 1 aliphatic heterocycles. The van der Waals surface area contributed by atoms with Crippen molar-refractivity contribution in [2.45, 2.75) is 0 Å². The molecule has 8 heavy (non-hydrogen) atoms. The third-order valence-corrected chi connectivity index (χ3v) is 0.758. The van der Waals surface area contributed by atoms with Crippen LogP contribution in [-0.4, -0.2) is 0 Å². The first kappa shape index (κ1) is 9.67. The number of hydrogen-bond donors (Lipinski definition) is 0. The average Bonchev–Trinajstić information content (AvgIpc) is 1.84. The van der Waals surface area contributed by atoms with Gasteiger partial charge in [-0.2, -0.15) is 0 Å². The molecular weight excluding hydrogens is 166 g/mol.